The first-order valence-electron chi connectivity index (χ1n) is 9.88. The molecule has 0 atom stereocenters. The fourth-order valence-electron chi connectivity index (χ4n) is 3.69. The largest absolute Gasteiger partial charge is 0.356 e. The van der Waals surface area contributed by atoms with Crippen LogP contribution in [0.25, 0.3) is 0 Å². The summed E-state index contributed by atoms with van der Waals surface area (Å²) in [5, 5.41) is 2.82. The molecule has 0 saturated heterocycles. The second kappa shape index (κ2) is 9.36. The Hall–Kier alpha value is -2.62. The van der Waals surface area contributed by atoms with E-state index < -0.39 is 0 Å². The van der Waals surface area contributed by atoms with Gasteiger partial charge in [0.1, 0.15) is 0 Å². The van der Waals surface area contributed by atoms with Gasteiger partial charge in [0.15, 0.2) is 0 Å². The highest BCUT2D eigenvalue weighted by molar-refractivity contribution is 5.95. The molecular formula is C23H28N2O2. The molecule has 0 unspecified atom stereocenters. The Balaban J connectivity index is 1.79. The van der Waals surface area contributed by atoms with Crippen LogP contribution in [0.1, 0.15) is 43.7 Å². The van der Waals surface area contributed by atoms with E-state index in [1.54, 1.807) is 0 Å². The molecule has 2 aromatic carbocycles. The predicted molar refractivity (Wildman–Crippen MR) is 108 cm³/mol. The fourth-order valence-corrected chi connectivity index (χ4v) is 3.69. The Bertz CT molecular complexity index is 750. The van der Waals surface area contributed by atoms with Gasteiger partial charge >= 0.3 is 0 Å². The molecule has 0 aromatic heterocycles. The van der Waals surface area contributed by atoms with Gasteiger partial charge < -0.3 is 10.2 Å². The highest BCUT2D eigenvalue weighted by Crippen LogP contribution is 2.29. The van der Waals surface area contributed by atoms with Crippen LogP contribution in [0.4, 0.5) is 5.69 Å². The van der Waals surface area contributed by atoms with Crippen molar-refractivity contribution < 1.29 is 9.59 Å². The van der Waals surface area contributed by atoms with E-state index in [1.807, 2.05) is 54.3 Å². The minimum absolute atomic E-state index is 0.0217. The molecule has 2 aromatic rings. The first-order chi connectivity index (χ1) is 13.2. The zero-order chi connectivity index (χ0) is 19.1. The lowest BCUT2D eigenvalue weighted by atomic mass is 10.0. The average molecular weight is 364 g/mol. The van der Waals surface area contributed by atoms with Crippen molar-refractivity contribution >= 4 is 17.5 Å². The van der Waals surface area contributed by atoms with Crippen LogP contribution in [0.5, 0.6) is 0 Å². The van der Waals surface area contributed by atoms with E-state index in [9.17, 15) is 9.59 Å². The lowest BCUT2D eigenvalue weighted by Gasteiger charge is -2.26. The van der Waals surface area contributed by atoms with Crippen molar-refractivity contribution in [3.05, 3.63) is 65.7 Å². The molecular weight excluding hydrogens is 336 g/mol. The third-order valence-corrected chi connectivity index (χ3v) is 5.14. The summed E-state index contributed by atoms with van der Waals surface area (Å²) < 4.78 is 0. The van der Waals surface area contributed by atoms with Crippen LogP contribution in [0.2, 0.25) is 0 Å². The van der Waals surface area contributed by atoms with Gasteiger partial charge in [-0.15, -0.1) is 0 Å². The molecule has 2 amide bonds. The van der Waals surface area contributed by atoms with Crippen LogP contribution >= 0.6 is 0 Å². The van der Waals surface area contributed by atoms with Gasteiger partial charge in [-0.1, -0.05) is 55.3 Å². The minimum Gasteiger partial charge on any atom is -0.356 e. The minimum atomic E-state index is 0.0217. The molecule has 4 heteroatoms. The molecule has 0 radical (unpaired) electrons. The van der Waals surface area contributed by atoms with Crippen LogP contribution in [0, 0.1) is 5.92 Å². The van der Waals surface area contributed by atoms with Crippen molar-refractivity contribution in [2.45, 2.75) is 45.6 Å². The van der Waals surface area contributed by atoms with Gasteiger partial charge in [-0.05, 0) is 43.0 Å². The molecule has 1 aliphatic carbocycles. The maximum Gasteiger partial charge on any atom is 0.230 e. The smallest absolute Gasteiger partial charge is 0.230 e. The number of likely N-dealkylation sites (N-methyl/N-ethyl adjacent to an activating group) is 1. The highest BCUT2D eigenvalue weighted by atomic mass is 16.2. The molecule has 1 fully saturated rings. The van der Waals surface area contributed by atoms with Crippen molar-refractivity contribution in [3.8, 4) is 0 Å². The van der Waals surface area contributed by atoms with Crippen LogP contribution < -0.4 is 10.2 Å². The van der Waals surface area contributed by atoms with Gasteiger partial charge in [0, 0.05) is 18.2 Å². The molecule has 0 spiro atoms. The quantitative estimate of drug-likeness (QED) is 0.804. The van der Waals surface area contributed by atoms with Crippen LogP contribution in [-0.4, -0.2) is 18.4 Å². The van der Waals surface area contributed by atoms with E-state index in [2.05, 4.69) is 17.4 Å². The number of nitrogens with zero attached hydrogens (tertiary/aromatic N) is 1. The number of anilines is 1. The summed E-state index contributed by atoms with van der Waals surface area (Å²) in [6, 6.07) is 17.9. The predicted octanol–water partition coefficient (Wildman–Crippen LogP) is 4.09. The molecule has 3 rings (SSSR count). The lowest BCUT2D eigenvalue weighted by molar-refractivity contribution is -0.122. The summed E-state index contributed by atoms with van der Waals surface area (Å²) >= 11 is 0. The van der Waals surface area contributed by atoms with E-state index in [0.29, 0.717) is 19.5 Å². The van der Waals surface area contributed by atoms with Crippen molar-refractivity contribution in [2.75, 3.05) is 11.4 Å². The van der Waals surface area contributed by atoms with Crippen molar-refractivity contribution in [1.29, 1.82) is 0 Å². The Morgan fingerprint density at radius 2 is 1.63 bits per heavy atom. The number of amides is 2. The van der Waals surface area contributed by atoms with E-state index in [4.69, 9.17) is 0 Å². The molecule has 142 valence electrons. The third-order valence-electron chi connectivity index (χ3n) is 5.14. The Labute approximate surface area is 161 Å². The standard InChI is InChI=1S/C23H28N2O2/c1-2-24-22(26)16-18-12-14-21(15-13-18)25(17-19-8-4-3-5-9-19)23(27)20-10-6-7-11-20/h3-5,8-9,12-15,20H,2,6-7,10-11,16-17H2,1H3,(H,24,26). The monoisotopic (exact) mass is 364 g/mol. The molecule has 1 aliphatic rings. The summed E-state index contributed by atoms with van der Waals surface area (Å²) in [6.45, 7) is 3.13. The molecule has 4 nitrogen and oxygen atoms in total. The molecule has 0 aliphatic heterocycles. The normalized spacial score (nSPS) is 14.1. The second-order valence-corrected chi connectivity index (χ2v) is 7.19. The Kier molecular flexibility index (Phi) is 6.64. The fraction of sp³-hybridized carbons (Fsp3) is 0.391. The van der Waals surface area contributed by atoms with E-state index >= 15 is 0 Å². The van der Waals surface area contributed by atoms with Crippen LogP contribution in [0.3, 0.4) is 0 Å². The number of nitrogens with one attached hydrogen (secondary N) is 1. The van der Waals surface area contributed by atoms with Crippen molar-refractivity contribution in [3.63, 3.8) is 0 Å². The van der Waals surface area contributed by atoms with Gasteiger partial charge in [0.2, 0.25) is 11.8 Å². The highest BCUT2D eigenvalue weighted by Gasteiger charge is 2.28. The number of hydrogen-bond acceptors (Lipinski definition) is 2. The first kappa shape index (κ1) is 19.2. The first-order valence-corrected chi connectivity index (χ1v) is 9.88. The van der Waals surface area contributed by atoms with Gasteiger partial charge in [0.25, 0.3) is 0 Å². The van der Waals surface area contributed by atoms with E-state index in [1.165, 1.54) is 0 Å². The summed E-state index contributed by atoms with van der Waals surface area (Å²) in [7, 11) is 0. The van der Waals surface area contributed by atoms with Gasteiger partial charge in [0.05, 0.1) is 13.0 Å². The maximum absolute atomic E-state index is 13.2. The Morgan fingerprint density at radius 3 is 2.26 bits per heavy atom. The van der Waals surface area contributed by atoms with Gasteiger partial charge in [-0.2, -0.15) is 0 Å². The Morgan fingerprint density at radius 1 is 0.963 bits per heavy atom. The van der Waals surface area contributed by atoms with E-state index in [-0.39, 0.29) is 17.7 Å². The summed E-state index contributed by atoms with van der Waals surface area (Å²) in [5.74, 6) is 0.366. The summed E-state index contributed by atoms with van der Waals surface area (Å²) in [6.07, 6.45) is 4.62. The molecule has 27 heavy (non-hydrogen) atoms. The number of hydrogen-bond donors (Lipinski definition) is 1. The lowest BCUT2D eigenvalue weighted by Crippen LogP contribution is -2.35. The zero-order valence-electron chi connectivity index (χ0n) is 16.0. The van der Waals surface area contributed by atoms with Gasteiger partial charge in [-0.25, -0.2) is 0 Å². The SMILES string of the molecule is CCNC(=O)Cc1ccc(N(Cc2ccccc2)C(=O)C2CCCC2)cc1. The molecule has 0 bridgehead atoms. The zero-order valence-corrected chi connectivity index (χ0v) is 16.0. The van der Waals surface area contributed by atoms with Crippen LogP contribution in [-0.2, 0) is 22.6 Å². The third kappa shape index (κ3) is 5.19. The van der Waals surface area contributed by atoms with Gasteiger partial charge in [-0.3, -0.25) is 9.59 Å². The average Bonchev–Trinajstić information content (AvgIpc) is 3.22. The number of carbonyl (C=O) groups excluding carboxylic acids is 2. The number of rotatable bonds is 7. The number of benzene rings is 2. The number of carbonyl (C=O) groups is 2. The molecule has 0 heterocycles. The van der Waals surface area contributed by atoms with Crippen LogP contribution in [0.15, 0.2) is 54.6 Å². The summed E-state index contributed by atoms with van der Waals surface area (Å²) in [5.41, 5.74) is 2.98. The second-order valence-electron chi connectivity index (χ2n) is 7.19. The maximum atomic E-state index is 13.2. The van der Waals surface area contributed by atoms with Crippen molar-refractivity contribution in [1.82, 2.24) is 5.32 Å². The summed E-state index contributed by atoms with van der Waals surface area (Å²) in [4.78, 5) is 26.8. The van der Waals surface area contributed by atoms with E-state index in [0.717, 1.165) is 42.5 Å². The van der Waals surface area contributed by atoms with Crippen molar-refractivity contribution in [2.24, 2.45) is 5.92 Å². The topological polar surface area (TPSA) is 49.4 Å². The molecule has 1 saturated carbocycles. The molecule has 1 N–H and O–H groups in total.